The predicted octanol–water partition coefficient (Wildman–Crippen LogP) is 4.95. The van der Waals surface area contributed by atoms with Crippen LogP contribution in [0, 0.1) is 11.7 Å². The smallest absolute Gasteiger partial charge is 0.251 e. The zero-order valence-electron chi connectivity index (χ0n) is 36.6. The highest BCUT2D eigenvalue weighted by atomic mass is 19.1. The number of methoxy groups -OCH3 is 1. The molecule has 17 heteroatoms. The molecule has 0 radical (unpaired) electrons. The number of carbonyl (C=O) groups is 4. The Kier molecular flexibility index (Phi) is 13.3. The summed E-state index contributed by atoms with van der Waals surface area (Å²) < 4.78 is 21.1. The van der Waals surface area contributed by atoms with Gasteiger partial charge in [-0.3, -0.25) is 24.5 Å². The van der Waals surface area contributed by atoms with E-state index < -0.39 is 17.5 Å². The van der Waals surface area contributed by atoms with Crippen molar-refractivity contribution in [2.45, 2.75) is 108 Å². The Morgan fingerprint density at radius 3 is 2.44 bits per heavy atom. The minimum absolute atomic E-state index is 0.0443. The number of ether oxygens (including phenoxy) is 1. The van der Waals surface area contributed by atoms with E-state index in [9.17, 15) is 24.3 Å². The SMILES string of the molecule is CC[C@@H]1C(=O)N(C)c2cnc(Nc3ccc(C(=O)NC4(CCO)CCN(CC5CCN(c6ccc(NC7CCC(=O)NC7=O)cc6F)CC5)CC4)cc3OC)nc2N1C1CCCC1. The fourth-order valence-electron chi connectivity index (χ4n) is 10.2. The van der Waals surface area contributed by atoms with Crippen molar-refractivity contribution in [1.82, 2.24) is 25.5 Å². The van der Waals surface area contributed by atoms with Gasteiger partial charge in [-0.15, -0.1) is 0 Å². The molecule has 63 heavy (non-hydrogen) atoms. The Morgan fingerprint density at radius 2 is 1.76 bits per heavy atom. The number of hydrogen-bond acceptors (Lipinski definition) is 13. The van der Waals surface area contributed by atoms with Crippen molar-refractivity contribution in [1.29, 1.82) is 0 Å². The van der Waals surface area contributed by atoms with Crippen LogP contribution in [-0.2, 0) is 14.4 Å². The van der Waals surface area contributed by atoms with Gasteiger partial charge in [-0.05, 0) is 100 Å². The molecule has 0 spiro atoms. The van der Waals surface area contributed by atoms with Crippen LogP contribution in [0.3, 0.4) is 0 Å². The number of nitrogens with zero attached hydrogens (tertiary/aromatic N) is 6. The minimum atomic E-state index is -0.571. The van der Waals surface area contributed by atoms with E-state index in [2.05, 4.69) is 41.0 Å². The number of piperidine rings is 3. The van der Waals surface area contributed by atoms with Gasteiger partial charge in [-0.25, -0.2) is 9.37 Å². The number of aromatic nitrogens is 2. The summed E-state index contributed by atoms with van der Waals surface area (Å²) in [7, 11) is 3.33. The second-order valence-corrected chi connectivity index (χ2v) is 17.9. The van der Waals surface area contributed by atoms with E-state index in [0.29, 0.717) is 78.0 Å². The van der Waals surface area contributed by atoms with E-state index in [0.717, 1.165) is 77.1 Å². The van der Waals surface area contributed by atoms with Crippen LogP contribution in [0.2, 0.25) is 0 Å². The number of likely N-dealkylation sites (tertiary alicyclic amines) is 1. The minimum Gasteiger partial charge on any atom is -0.495 e. The standard InChI is InChI=1S/C46H61FN10O6/c1-4-36-44(62)54(2)38-27-48-45(52-41(38)57(36)32-7-5-6-8-32)50-34-11-9-30(25-39(34)63-3)42(60)53-46(19-24-58)17-22-55(23-18-46)28-29-15-20-56(21-16-29)37-13-10-31(26-33(37)47)49-35-12-14-40(59)51-43(35)61/h9-11,13,25-27,29,32,35-36,49,58H,4-8,12,14-24,28H2,1-3H3,(H,53,60)(H,48,50,52)(H,51,59,61)/t35?,36-/m1/s1. The fraction of sp³-hybridized carbons (Fsp3) is 0.565. The number of nitrogens with one attached hydrogen (secondary N) is 4. The molecule has 338 valence electrons. The number of fused-ring (bicyclic) bond motifs is 1. The Labute approximate surface area is 368 Å². The summed E-state index contributed by atoms with van der Waals surface area (Å²) in [5.41, 5.74) is 2.21. The Balaban J connectivity index is 0.848. The topological polar surface area (TPSA) is 185 Å². The third-order valence-corrected chi connectivity index (χ3v) is 13.9. The van der Waals surface area contributed by atoms with E-state index >= 15 is 4.39 Å². The van der Waals surface area contributed by atoms with Gasteiger partial charge in [0.15, 0.2) is 5.82 Å². The molecule has 1 saturated carbocycles. The molecular weight excluding hydrogens is 808 g/mol. The van der Waals surface area contributed by atoms with Gasteiger partial charge in [0.05, 0.1) is 24.7 Å². The molecule has 4 fully saturated rings. The van der Waals surface area contributed by atoms with Crippen molar-refractivity contribution >= 4 is 58.1 Å². The van der Waals surface area contributed by atoms with Gasteiger partial charge in [0, 0.05) is 75.6 Å². The third-order valence-electron chi connectivity index (χ3n) is 13.9. The maximum Gasteiger partial charge on any atom is 0.251 e. The number of rotatable bonds is 14. The predicted molar refractivity (Wildman–Crippen MR) is 239 cm³/mol. The second-order valence-electron chi connectivity index (χ2n) is 17.9. The van der Waals surface area contributed by atoms with Gasteiger partial charge in [-0.1, -0.05) is 19.8 Å². The summed E-state index contributed by atoms with van der Waals surface area (Å²) in [6, 6.07) is 9.58. The first-order valence-electron chi connectivity index (χ1n) is 22.7. The first kappa shape index (κ1) is 44.1. The Hall–Kier alpha value is -5.55. The number of imide groups is 1. The zero-order valence-corrected chi connectivity index (χ0v) is 36.6. The van der Waals surface area contributed by atoms with Crippen LogP contribution >= 0.6 is 0 Å². The number of benzene rings is 2. The van der Waals surface area contributed by atoms with Crippen LogP contribution in [0.4, 0.5) is 38.9 Å². The molecule has 4 aliphatic heterocycles. The van der Waals surface area contributed by atoms with E-state index in [-0.39, 0.29) is 48.7 Å². The van der Waals surface area contributed by atoms with Crippen LogP contribution in [-0.4, -0.2) is 121 Å². The van der Waals surface area contributed by atoms with Gasteiger partial charge >= 0.3 is 0 Å². The molecule has 1 unspecified atom stereocenters. The molecule has 2 aromatic carbocycles. The van der Waals surface area contributed by atoms with E-state index in [1.165, 1.54) is 6.07 Å². The van der Waals surface area contributed by atoms with Gasteiger partial charge in [-0.2, -0.15) is 4.98 Å². The van der Waals surface area contributed by atoms with Crippen molar-refractivity contribution in [2.75, 3.05) is 78.8 Å². The van der Waals surface area contributed by atoms with Crippen LogP contribution in [0.5, 0.6) is 5.75 Å². The number of likely N-dealkylation sites (N-methyl/N-ethyl adjacent to an activating group) is 1. The quantitative estimate of drug-likeness (QED) is 0.137. The van der Waals surface area contributed by atoms with Crippen LogP contribution < -0.4 is 40.7 Å². The monoisotopic (exact) mass is 868 g/mol. The molecule has 8 rings (SSSR count). The molecule has 5 aliphatic rings. The molecule has 0 bridgehead atoms. The average molecular weight is 869 g/mol. The van der Waals surface area contributed by atoms with Gasteiger partial charge < -0.3 is 45.4 Å². The molecule has 4 amide bonds. The van der Waals surface area contributed by atoms with Gasteiger partial charge in [0.1, 0.15) is 29.3 Å². The highest BCUT2D eigenvalue weighted by Gasteiger charge is 2.42. The largest absolute Gasteiger partial charge is 0.495 e. The maximum atomic E-state index is 15.3. The Morgan fingerprint density at radius 1 is 1.00 bits per heavy atom. The maximum absolute atomic E-state index is 15.3. The normalized spacial score (nSPS) is 22.2. The lowest BCUT2D eigenvalue weighted by Crippen LogP contribution is -2.56. The number of hydrogen-bond donors (Lipinski definition) is 5. The van der Waals surface area contributed by atoms with Gasteiger partial charge in [0.25, 0.3) is 5.91 Å². The van der Waals surface area contributed by atoms with Gasteiger partial charge in [0.2, 0.25) is 23.7 Å². The number of amides is 4. The highest BCUT2D eigenvalue weighted by molar-refractivity contribution is 6.04. The Bertz CT molecular complexity index is 2170. The molecule has 2 atom stereocenters. The number of anilines is 6. The summed E-state index contributed by atoms with van der Waals surface area (Å²) in [4.78, 5) is 68.7. The molecule has 3 saturated heterocycles. The second kappa shape index (κ2) is 19.1. The highest BCUT2D eigenvalue weighted by Crippen LogP contribution is 2.41. The molecule has 16 nitrogen and oxygen atoms in total. The average Bonchev–Trinajstić information content (AvgIpc) is 3.82. The summed E-state index contributed by atoms with van der Waals surface area (Å²) in [5, 5.41) is 22.1. The lowest BCUT2D eigenvalue weighted by atomic mass is 9.83. The van der Waals surface area contributed by atoms with Crippen LogP contribution in [0.15, 0.2) is 42.6 Å². The third kappa shape index (κ3) is 9.54. The van der Waals surface area contributed by atoms with Crippen molar-refractivity contribution < 1.29 is 33.4 Å². The lowest BCUT2D eigenvalue weighted by molar-refractivity contribution is -0.133. The first-order valence-corrected chi connectivity index (χ1v) is 22.7. The summed E-state index contributed by atoms with van der Waals surface area (Å²) in [6.07, 6.45) is 11.0. The summed E-state index contributed by atoms with van der Waals surface area (Å²) >= 11 is 0. The first-order chi connectivity index (χ1) is 30.5. The van der Waals surface area contributed by atoms with Crippen molar-refractivity contribution in [3.8, 4) is 5.75 Å². The van der Waals surface area contributed by atoms with Crippen molar-refractivity contribution in [3.63, 3.8) is 0 Å². The molecule has 5 heterocycles. The lowest BCUT2D eigenvalue weighted by Gasteiger charge is -2.44. The summed E-state index contributed by atoms with van der Waals surface area (Å²) in [5.74, 6) is 0.802. The van der Waals surface area contributed by atoms with Crippen LogP contribution in [0.25, 0.3) is 0 Å². The molecule has 5 N–H and O–H groups in total. The molecule has 3 aromatic rings. The molecule has 1 aliphatic carbocycles. The fourth-order valence-corrected chi connectivity index (χ4v) is 10.2. The molecule has 1 aromatic heterocycles. The van der Waals surface area contributed by atoms with E-state index in [1.807, 2.05) is 6.92 Å². The van der Waals surface area contributed by atoms with Crippen molar-refractivity contribution in [3.05, 3.63) is 54.0 Å². The van der Waals surface area contributed by atoms with Crippen molar-refractivity contribution in [2.24, 2.45) is 5.92 Å². The zero-order chi connectivity index (χ0) is 44.3. The van der Waals surface area contributed by atoms with E-state index in [1.54, 1.807) is 55.6 Å². The number of halogens is 1. The molecular formula is C46H61FN10O6. The van der Waals surface area contributed by atoms with E-state index in [4.69, 9.17) is 9.72 Å². The number of aliphatic hydroxyl groups excluding tert-OH is 1. The number of aliphatic hydroxyl groups is 1. The number of carbonyl (C=O) groups excluding carboxylic acids is 4. The summed E-state index contributed by atoms with van der Waals surface area (Å²) in [6.45, 7) is 5.94. The van der Waals surface area contributed by atoms with Crippen LogP contribution in [0.1, 0.15) is 94.3 Å².